The number of aryl methyl sites for hydroxylation is 2. The van der Waals surface area contributed by atoms with E-state index < -0.39 is 10.0 Å². The lowest BCUT2D eigenvalue weighted by atomic mass is 9.97. The number of aromatic nitrogens is 1. The first kappa shape index (κ1) is 21.2. The fourth-order valence-electron chi connectivity index (χ4n) is 3.79. The summed E-state index contributed by atoms with van der Waals surface area (Å²) in [6, 6.07) is 10.5. The molecule has 4 rings (SSSR count). The van der Waals surface area contributed by atoms with Crippen LogP contribution in [0.25, 0.3) is 10.2 Å². The van der Waals surface area contributed by atoms with Gasteiger partial charge in [0.1, 0.15) is 4.90 Å². The van der Waals surface area contributed by atoms with Crippen LogP contribution in [0.3, 0.4) is 0 Å². The van der Waals surface area contributed by atoms with Crippen LogP contribution in [0.4, 0.5) is 5.13 Å². The van der Waals surface area contributed by atoms with Crippen molar-refractivity contribution in [2.24, 2.45) is 5.92 Å². The van der Waals surface area contributed by atoms with Gasteiger partial charge in [-0.15, -0.1) is 0 Å². The number of nitrogens with one attached hydrogen (secondary N) is 1. The summed E-state index contributed by atoms with van der Waals surface area (Å²) in [6.45, 7) is 4.62. The monoisotopic (exact) mass is 463 g/mol. The first-order chi connectivity index (χ1) is 14.3. The Balaban J connectivity index is 1.42. The number of hydrogen-bond donors (Lipinski definition) is 1. The maximum Gasteiger partial charge on any atom is 0.244 e. The van der Waals surface area contributed by atoms with Gasteiger partial charge in [-0.1, -0.05) is 41.1 Å². The van der Waals surface area contributed by atoms with Crippen molar-refractivity contribution in [3.8, 4) is 0 Å². The molecule has 30 heavy (non-hydrogen) atoms. The van der Waals surface area contributed by atoms with Crippen LogP contribution in [0.15, 0.2) is 41.3 Å². The summed E-state index contributed by atoms with van der Waals surface area (Å²) in [6.07, 6.45) is 0.914. The topological polar surface area (TPSA) is 79.4 Å². The first-order valence-corrected chi connectivity index (χ1v) is 12.3. The Morgan fingerprint density at radius 3 is 2.60 bits per heavy atom. The van der Waals surface area contributed by atoms with E-state index in [2.05, 4.69) is 16.4 Å². The van der Waals surface area contributed by atoms with Crippen LogP contribution in [0.2, 0.25) is 5.02 Å². The van der Waals surface area contributed by atoms with Crippen molar-refractivity contribution in [3.63, 3.8) is 0 Å². The molecule has 1 aliphatic heterocycles. The second-order valence-electron chi connectivity index (χ2n) is 7.55. The lowest BCUT2D eigenvalue weighted by Gasteiger charge is -2.30. The molecule has 0 aliphatic carbocycles. The van der Waals surface area contributed by atoms with Crippen LogP contribution in [-0.2, 0) is 14.8 Å². The summed E-state index contributed by atoms with van der Waals surface area (Å²) < 4.78 is 28.2. The van der Waals surface area contributed by atoms with Gasteiger partial charge in [0.25, 0.3) is 0 Å². The van der Waals surface area contributed by atoms with Crippen LogP contribution < -0.4 is 5.32 Å². The second kappa shape index (κ2) is 8.26. The van der Waals surface area contributed by atoms with Crippen molar-refractivity contribution in [1.29, 1.82) is 0 Å². The van der Waals surface area contributed by atoms with Crippen molar-refractivity contribution >= 4 is 54.2 Å². The molecule has 1 aromatic heterocycles. The van der Waals surface area contributed by atoms with Crippen molar-refractivity contribution in [2.75, 3.05) is 18.4 Å². The molecule has 2 heterocycles. The molecule has 0 atom stereocenters. The van der Waals surface area contributed by atoms with E-state index in [1.165, 1.54) is 21.7 Å². The zero-order chi connectivity index (χ0) is 21.5. The molecule has 0 radical (unpaired) electrons. The van der Waals surface area contributed by atoms with Gasteiger partial charge in [0, 0.05) is 19.0 Å². The van der Waals surface area contributed by atoms with Gasteiger partial charge in [0.2, 0.25) is 15.9 Å². The Morgan fingerprint density at radius 1 is 1.20 bits per heavy atom. The highest BCUT2D eigenvalue weighted by atomic mass is 35.5. The van der Waals surface area contributed by atoms with E-state index in [9.17, 15) is 13.2 Å². The number of hydrogen-bond acceptors (Lipinski definition) is 5. The first-order valence-electron chi connectivity index (χ1n) is 9.69. The number of thiazole rings is 1. The smallest absolute Gasteiger partial charge is 0.244 e. The fourth-order valence-corrected chi connectivity index (χ4v) is 6.67. The molecule has 1 amide bonds. The molecule has 1 fully saturated rings. The largest absolute Gasteiger partial charge is 0.302 e. The minimum Gasteiger partial charge on any atom is -0.302 e. The highest BCUT2D eigenvalue weighted by Crippen LogP contribution is 2.32. The number of nitrogens with zero attached hydrogens (tertiary/aromatic N) is 2. The number of anilines is 1. The van der Waals surface area contributed by atoms with E-state index in [0.717, 1.165) is 21.3 Å². The highest BCUT2D eigenvalue weighted by molar-refractivity contribution is 7.89. The lowest BCUT2D eigenvalue weighted by Crippen LogP contribution is -2.41. The maximum atomic E-state index is 12.9. The summed E-state index contributed by atoms with van der Waals surface area (Å²) in [7, 11) is -3.67. The molecule has 158 valence electrons. The third-order valence-corrected chi connectivity index (χ3v) is 8.85. The number of carbonyl (C=O) groups is 1. The summed E-state index contributed by atoms with van der Waals surface area (Å²) in [5.74, 6) is -0.365. The summed E-state index contributed by atoms with van der Waals surface area (Å²) in [5, 5.41) is 3.71. The fraction of sp³-hybridized carbons (Fsp3) is 0.333. The molecule has 2 aromatic carbocycles. The number of amides is 1. The zero-order valence-electron chi connectivity index (χ0n) is 16.7. The molecule has 9 heteroatoms. The lowest BCUT2D eigenvalue weighted by molar-refractivity contribution is -0.120. The average Bonchev–Trinajstić information content (AvgIpc) is 3.11. The van der Waals surface area contributed by atoms with E-state index in [4.69, 9.17) is 11.6 Å². The summed E-state index contributed by atoms with van der Waals surface area (Å²) in [4.78, 5) is 17.4. The van der Waals surface area contributed by atoms with E-state index in [1.54, 1.807) is 18.2 Å². The van der Waals surface area contributed by atoms with Crippen LogP contribution in [0, 0.1) is 19.8 Å². The molecule has 1 aliphatic rings. The molecular formula is C21H22ClN3O3S2. The third kappa shape index (κ3) is 4.09. The molecule has 0 spiro atoms. The van der Waals surface area contributed by atoms with Gasteiger partial charge >= 0.3 is 0 Å². The van der Waals surface area contributed by atoms with Crippen molar-refractivity contribution < 1.29 is 13.2 Å². The normalized spacial score (nSPS) is 16.1. The maximum absolute atomic E-state index is 12.9. The molecule has 0 saturated carbocycles. The predicted molar refractivity (Wildman–Crippen MR) is 121 cm³/mol. The SMILES string of the molecule is Cc1cc(C)c2sc(NC(=O)C3CCN(S(=O)(=O)c4ccccc4Cl)CC3)nc2c1. The summed E-state index contributed by atoms with van der Waals surface area (Å²) >= 11 is 7.54. The highest BCUT2D eigenvalue weighted by Gasteiger charge is 2.33. The van der Waals surface area contributed by atoms with Crippen LogP contribution in [0.5, 0.6) is 0 Å². The second-order valence-corrected chi connectivity index (χ2v) is 10.9. The standard InChI is InChI=1S/C21H22ClN3O3S2/c1-13-11-14(2)19-17(12-13)23-21(29-19)24-20(26)15-7-9-25(10-8-15)30(27,28)18-6-4-3-5-16(18)22/h3-6,11-12,15H,7-10H2,1-2H3,(H,23,24,26). The Kier molecular flexibility index (Phi) is 5.85. The van der Waals surface area contributed by atoms with Gasteiger partial charge in [-0.2, -0.15) is 4.31 Å². The third-order valence-electron chi connectivity index (χ3n) is 5.33. The van der Waals surface area contributed by atoms with Gasteiger partial charge in [0.05, 0.1) is 15.2 Å². The number of benzene rings is 2. The van der Waals surface area contributed by atoms with Crippen LogP contribution >= 0.6 is 22.9 Å². The minimum absolute atomic E-state index is 0.106. The van der Waals surface area contributed by atoms with Gasteiger partial charge in [-0.25, -0.2) is 13.4 Å². The van der Waals surface area contributed by atoms with Crippen molar-refractivity contribution in [2.45, 2.75) is 31.6 Å². The molecule has 6 nitrogen and oxygen atoms in total. The Bertz CT molecular complexity index is 1220. The number of sulfonamides is 1. The van der Waals surface area contributed by atoms with Gasteiger partial charge < -0.3 is 5.32 Å². The molecule has 0 unspecified atom stereocenters. The van der Waals surface area contributed by atoms with Crippen molar-refractivity contribution in [3.05, 3.63) is 52.5 Å². The molecule has 1 saturated heterocycles. The van der Waals surface area contributed by atoms with E-state index in [1.807, 2.05) is 19.9 Å². The summed E-state index contributed by atoms with van der Waals surface area (Å²) in [5.41, 5.74) is 3.16. The van der Waals surface area contributed by atoms with Crippen LogP contribution in [-0.4, -0.2) is 36.7 Å². The van der Waals surface area contributed by atoms with E-state index in [-0.39, 0.29) is 34.8 Å². The Morgan fingerprint density at radius 2 is 1.90 bits per heavy atom. The number of rotatable bonds is 4. The zero-order valence-corrected chi connectivity index (χ0v) is 19.1. The molecule has 0 bridgehead atoms. The van der Waals surface area contributed by atoms with Crippen LogP contribution in [0.1, 0.15) is 24.0 Å². The average molecular weight is 464 g/mol. The quantitative estimate of drug-likeness (QED) is 0.612. The van der Waals surface area contributed by atoms with Gasteiger partial charge in [0.15, 0.2) is 5.13 Å². The van der Waals surface area contributed by atoms with Gasteiger partial charge in [-0.3, -0.25) is 4.79 Å². The predicted octanol–water partition coefficient (Wildman–Crippen LogP) is 4.61. The van der Waals surface area contributed by atoms with Gasteiger partial charge in [-0.05, 0) is 56.0 Å². The minimum atomic E-state index is -3.67. The Labute approximate surface area is 184 Å². The molecular weight excluding hydrogens is 442 g/mol. The molecule has 1 N–H and O–H groups in total. The number of fused-ring (bicyclic) bond motifs is 1. The number of piperidine rings is 1. The van der Waals surface area contributed by atoms with Crippen molar-refractivity contribution in [1.82, 2.24) is 9.29 Å². The van der Waals surface area contributed by atoms with E-state index >= 15 is 0 Å². The molecule has 3 aromatic rings. The Hall–Kier alpha value is -2.00. The van der Waals surface area contributed by atoms with E-state index in [0.29, 0.717) is 18.0 Å². The number of halogens is 1. The number of carbonyl (C=O) groups excluding carboxylic acids is 1.